The normalized spacial score (nSPS) is 23.6. The molecule has 8 heteroatoms. The predicted molar refractivity (Wildman–Crippen MR) is 116 cm³/mol. The molecule has 2 atom stereocenters. The average molecular weight is 419 g/mol. The molecule has 2 aromatic heterocycles. The van der Waals surface area contributed by atoms with E-state index in [1.54, 1.807) is 29.2 Å². The zero-order valence-electron chi connectivity index (χ0n) is 17.7. The molecule has 0 saturated carbocycles. The SMILES string of the molecule is CC1(C)Cc2cc(NC(=O)c3cnn4cccnc34)c(N3CC4CCOC4C3)cc2O1. The summed E-state index contributed by atoms with van der Waals surface area (Å²) >= 11 is 0. The number of carbonyl (C=O) groups is 1. The van der Waals surface area contributed by atoms with Crippen LogP contribution in [0.25, 0.3) is 5.65 Å². The summed E-state index contributed by atoms with van der Waals surface area (Å²) in [5.41, 5.74) is 3.62. The van der Waals surface area contributed by atoms with Crippen LogP contribution in [0.2, 0.25) is 0 Å². The number of carbonyl (C=O) groups excluding carboxylic acids is 1. The van der Waals surface area contributed by atoms with E-state index in [2.05, 4.69) is 46.3 Å². The minimum absolute atomic E-state index is 0.219. The summed E-state index contributed by atoms with van der Waals surface area (Å²) in [7, 11) is 0. The number of hydrogen-bond acceptors (Lipinski definition) is 6. The highest BCUT2D eigenvalue weighted by molar-refractivity contribution is 6.09. The van der Waals surface area contributed by atoms with Crippen molar-refractivity contribution in [2.45, 2.75) is 38.4 Å². The Hall–Kier alpha value is -3.13. The van der Waals surface area contributed by atoms with E-state index in [1.807, 2.05) is 0 Å². The summed E-state index contributed by atoms with van der Waals surface area (Å²) in [4.78, 5) is 19.8. The molecule has 6 rings (SSSR count). The largest absolute Gasteiger partial charge is 0.487 e. The van der Waals surface area contributed by atoms with Crippen LogP contribution in [0.3, 0.4) is 0 Å². The summed E-state index contributed by atoms with van der Waals surface area (Å²) < 4.78 is 13.7. The molecule has 0 aliphatic carbocycles. The molecule has 0 spiro atoms. The van der Waals surface area contributed by atoms with Crippen LogP contribution in [0.5, 0.6) is 5.75 Å². The van der Waals surface area contributed by atoms with Gasteiger partial charge in [0.1, 0.15) is 16.9 Å². The van der Waals surface area contributed by atoms with Crippen molar-refractivity contribution in [2.24, 2.45) is 5.92 Å². The second-order valence-electron chi connectivity index (χ2n) is 9.28. The summed E-state index contributed by atoms with van der Waals surface area (Å²) in [5.74, 6) is 1.22. The Balaban J connectivity index is 1.37. The van der Waals surface area contributed by atoms with Gasteiger partial charge in [0.05, 0.1) is 23.7 Å². The van der Waals surface area contributed by atoms with E-state index in [4.69, 9.17) is 9.47 Å². The van der Waals surface area contributed by atoms with Crippen molar-refractivity contribution >= 4 is 22.9 Å². The number of aromatic nitrogens is 3. The van der Waals surface area contributed by atoms with Crippen molar-refractivity contribution in [1.29, 1.82) is 0 Å². The fraction of sp³-hybridized carbons (Fsp3) is 0.435. The van der Waals surface area contributed by atoms with Crippen molar-refractivity contribution in [3.63, 3.8) is 0 Å². The summed E-state index contributed by atoms with van der Waals surface area (Å²) in [6.07, 6.45) is 7.16. The minimum Gasteiger partial charge on any atom is -0.487 e. The molecule has 3 aliphatic rings. The van der Waals surface area contributed by atoms with Gasteiger partial charge in [-0.3, -0.25) is 4.79 Å². The fourth-order valence-electron chi connectivity index (χ4n) is 5.05. The van der Waals surface area contributed by atoms with Crippen LogP contribution in [-0.2, 0) is 11.2 Å². The molecule has 1 aromatic carbocycles. The molecule has 3 aromatic rings. The van der Waals surface area contributed by atoms with Gasteiger partial charge in [-0.2, -0.15) is 5.10 Å². The maximum atomic E-state index is 13.2. The number of anilines is 2. The molecular weight excluding hydrogens is 394 g/mol. The zero-order valence-corrected chi connectivity index (χ0v) is 17.7. The van der Waals surface area contributed by atoms with Gasteiger partial charge in [0.15, 0.2) is 5.65 Å². The average Bonchev–Trinajstić information content (AvgIpc) is 3.47. The van der Waals surface area contributed by atoms with Crippen molar-refractivity contribution < 1.29 is 14.3 Å². The molecule has 1 N–H and O–H groups in total. The lowest BCUT2D eigenvalue weighted by Gasteiger charge is -2.24. The molecular formula is C23H25N5O3. The first-order chi connectivity index (χ1) is 15.0. The number of amides is 1. The van der Waals surface area contributed by atoms with Crippen LogP contribution in [0.1, 0.15) is 36.2 Å². The molecule has 0 bridgehead atoms. The van der Waals surface area contributed by atoms with Crippen molar-refractivity contribution in [2.75, 3.05) is 29.9 Å². The third kappa shape index (κ3) is 3.13. The van der Waals surface area contributed by atoms with Crippen LogP contribution in [0, 0.1) is 5.92 Å². The van der Waals surface area contributed by atoms with E-state index < -0.39 is 0 Å². The number of ether oxygens (including phenoxy) is 2. The molecule has 8 nitrogen and oxygen atoms in total. The van der Waals surface area contributed by atoms with Gasteiger partial charge < -0.3 is 19.7 Å². The van der Waals surface area contributed by atoms with Gasteiger partial charge in [0.2, 0.25) is 0 Å². The van der Waals surface area contributed by atoms with E-state index in [-0.39, 0.29) is 17.6 Å². The van der Waals surface area contributed by atoms with Crippen LogP contribution in [-0.4, -0.2) is 51.9 Å². The first-order valence-electron chi connectivity index (χ1n) is 10.8. The summed E-state index contributed by atoms with van der Waals surface area (Å²) in [6, 6.07) is 5.93. The Bertz CT molecular complexity index is 1180. The lowest BCUT2D eigenvalue weighted by Crippen LogP contribution is -2.25. The second kappa shape index (κ2) is 6.68. The van der Waals surface area contributed by atoms with Crippen LogP contribution in [0.15, 0.2) is 36.8 Å². The van der Waals surface area contributed by atoms with Gasteiger partial charge in [-0.15, -0.1) is 0 Å². The number of fused-ring (bicyclic) bond motifs is 3. The standard InChI is InChI=1S/C23H25N5O3/c1-23(2)10-15-8-17(26-22(29)16-11-25-28-6-3-5-24-21(16)28)18(9-19(15)31-23)27-12-14-4-7-30-20(14)13-27/h3,5-6,8-9,11,14,20H,4,7,10,12-13H2,1-2H3,(H,26,29). The molecule has 5 heterocycles. The van der Waals surface area contributed by atoms with Crippen LogP contribution in [0.4, 0.5) is 11.4 Å². The van der Waals surface area contributed by atoms with E-state index in [9.17, 15) is 4.79 Å². The van der Waals surface area contributed by atoms with Gasteiger partial charge in [0, 0.05) is 56.1 Å². The van der Waals surface area contributed by atoms with Crippen molar-refractivity contribution in [1.82, 2.24) is 14.6 Å². The highest BCUT2D eigenvalue weighted by Crippen LogP contribution is 2.44. The number of hydrogen-bond donors (Lipinski definition) is 1. The molecule has 1 amide bonds. The highest BCUT2D eigenvalue weighted by Gasteiger charge is 2.39. The molecule has 0 radical (unpaired) electrons. The van der Waals surface area contributed by atoms with Gasteiger partial charge in [-0.1, -0.05) is 0 Å². The highest BCUT2D eigenvalue weighted by atomic mass is 16.5. The maximum Gasteiger partial charge on any atom is 0.261 e. The Morgan fingerprint density at radius 2 is 2.19 bits per heavy atom. The zero-order chi connectivity index (χ0) is 21.2. The van der Waals surface area contributed by atoms with E-state index in [0.717, 1.165) is 55.2 Å². The fourth-order valence-corrected chi connectivity index (χ4v) is 5.05. The van der Waals surface area contributed by atoms with Gasteiger partial charge in [-0.25, -0.2) is 9.50 Å². The molecule has 2 saturated heterocycles. The van der Waals surface area contributed by atoms with Crippen molar-refractivity contribution in [3.8, 4) is 5.75 Å². The molecule has 31 heavy (non-hydrogen) atoms. The Morgan fingerprint density at radius 3 is 3.06 bits per heavy atom. The van der Waals surface area contributed by atoms with E-state index in [1.165, 1.54) is 0 Å². The maximum absolute atomic E-state index is 13.2. The smallest absolute Gasteiger partial charge is 0.261 e. The number of rotatable bonds is 3. The Labute approximate surface area is 180 Å². The summed E-state index contributed by atoms with van der Waals surface area (Å²) in [6.45, 7) is 6.77. The second-order valence-corrected chi connectivity index (χ2v) is 9.28. The molecule has 160 valence electrons. The topological polar surface area (TPSA) is 81.0 Å². The van der Waals surface area contributed by atoms with Gasteiger partial charge in [0.25, 0.3) is 5.91 Å². The third-order valence-corrected chi connectivity index (χ3v) is 6.50. The van der Waals surface area contributed by atoms with Crippen LogP contribution < -0.4 is 15.0 Å². The lowest BCUT2D eigenvalue weighted by atomic mass is 10.0. The van der Waals surface area contributed by atoms with Gasteiger partial charge in [-0.05, 0) is 32.4 Å². The van der Waals surface area contributed by atoms with Gasteiger partial charge >= 0.3 is 0 Å². The molecule has 2 fully saturated rings. The predicted octanol–water partition coefficient (Wildman–Crippen LogP) is 2.92. The van der Waals surface area contributed by atoms with E-state index in [0.29, 0.717) is 17.1 Å². The number of nitrogens with zero attached hydrogens (tertiary/aromatic N) is 4. The Morgan fingerprint density at radius 1 is 1.29 bits per heavy atom. The Kier molecular flexibility index (Phi) is 4.02. The third-order valence-electron chi connectivity index (χ3n) is 6.50. The van der Waals surface area contributed by atoms with E-state index >= 15 is 0 Å². The first kappa shape index (κ1) is 18.6. The molecule has 2 unspecified atom stereocenters. The molecule has 3 aliphatic heterocycles. The lowest BCUT2D eigenvalue weighted by molar-refractivity contribution is 0.102. The van der Waals surface area contributed by atoms with Crippen molar-refractivity contribution in [3.05, 3.63) is 47.9 Å². The monoisotopic (exact) mass is 419 g/mol. The first-order valence-corrected chi connectivity index (χ1v) is 10.8. The summed E-state index contributed by atoms with van der Waals surface area (Å²) in [5, 5.41) is 7.38. The number of nitrogens with one attached hydrogen (secondary N) is 1. The number of benzene rings is 1. The minimum atomic E-state index is -0.251. The quantitative estimate of drug-likeness (QED) is 0.703. The van der Waals surface area contributed by atoms with Crippen LogP contribution >= 0.6 is 0 Å².